The summed E-state index contributed by atoms with van der Waals surface area (Å²) in [5.74, 6) is -0.250. The predicted molar refractivity (Wildman–Crippen MR) is 103 cm³/mol. The maximum atomic E-state index is 13.0. The molecule has 2 aromatic carbocycles. The van der Waals surface area contributed by atoms with Crippen LogP contribution < -0.4 is 4.72 Å². The van der Waals surface area contributed by atoms with Gasteiger partial charge < -0.3 is 9.64 Å². The van der Waals surface area contributed by atoms with E-state index in [-0.39, 0.29) is 17.2 Å². The highest BCUT2D eigenvalue weighted by Crippen LogP contribution is 2.16. The SMILES string of the molecule is O=C([C@@H](Cc1ccccc1)NS(=O)(=O)c1ccc(Cl)cc1)N1CCOCC1. The summed E-state index contributed by atoms with van der Waals surface area (Å²) < 4.78 is 33.4. The Bertz CT molecular complexity index is 866. The highest BCUT2D eigenvalue weighted by molar-refractivity contribution is 7.89. The van der Waals surface area contributed by atoms with Crippen molar-refractivity contribution in [1.82, 2.24) is 9.62 Å². The fraction of sp³-hybridized carbons (Fsp3) is 0.316. The lowest BCUT2D eigenvalue weighted by molar-refractivity contribution is -0.137. The maximum Gasteiger partial charge on any atom is 0.241 e. The fourth-order valence-electron chi connectivity index (χ4n) is 2.90. The number of ether oxygens (including phenoxy) is 1. The van der Waals surface area contributed by atoms with Gasteiger partial charge in [0.25, 0.3) is 0 Å². The highest BCUT2D eigenvalue weighted by Gasteiger charge is 2.30. The van der Waals surface area contributed by atoms with E-state index in [0.29, 0.717) is 31.3 Å². The van der Waals surface area contributed by atoms with Crippen molar-refractivity contribution in [3.05, 3.63) is 65.2 Å². The zero-order chi connectivity index (χ0) is 19.3. The van der Waals surface area contributed by atoms with Gasteiger partial charge in [-0.05, 0) is 36.2 Å². The predicted octanol–water partition coefficient (Wildman–Crippen LogP) is 2.09. The molecule has 0 spiro atoms. The van der Waals surface area contributed by atoms with E-state index in [2.05, 4.69) is 4.72 Å². The number of morpholine rings is 1. The van der Waals surface area contributed by atoms with E-state index in [9.17, 15) is 13.2 Å². The maximum absolute atomic E-state index is 13.0. The molecule has 144 valence electrons. The smallest absolute Gasteiger partial charge is 0.241 e. The van der Waals surface area contributed by atoms with Gasteiger partial charge in [0.05, 0.1) is 18.1 Å². The Morgan fingerprint density at radius 2 is 1.70 bits per heavy atom. The lowest BCUT2D eigenvalue weighted by Crippen LogP contribution is -2.52. The van der Waals surface area contributed by atoms with Gasteiger partial charge in [-0.1, -0.05) is 41.9 Å². The molecule has 0 bridgehead atoms. The first kappa shape index (κ1) is 19.8. The van der Waals surface area contributed by atoms with Crippen LogP contribution in [0.2, 0.25) is 5.02 Å². The number of amides is 1. The molecule has 1 heterocycles. The first-order valence-electron chi connectivity index (χ1n) is 8.64. The van der Waals surface area contributed by atoms with Gasteiger partial charge in [0.15, 0.2) is 0 Å². The summed E-state index contributed by atoms with van der Waals surface area (Å²) >= 11 is 5.84. The topological polar surface area (TPSA) is 75.7 Å². The van der Waals surface area contributed by atoms with E-state index < -0.39 is 16.1 Å². The number of carbonyl (C=O) groups is 1. The Labute approximate surface area is 164 Å². The van der Waals surface area contributed by atoms with Crippen LogP contribution in [0.25, 0.3) is 0 Å². The minimum atomic E-state index is -3.87. The van der Waals surface area contributed by atoms with Crippen LogP contribution in [-0.4, -0.2) is 51.6 Å². The molecule has 3 rings (SSSR count). The van der Waals surface area contributed by atoms with Gasteiger partial charge in [0.1, 0.15) is 6.04 Å². The highest BCUT2D eigenvalue weighted by atomic mass is 35.5. The van der Waals surface area contributed by atoms with Crippen LogP contribution in [0.1, 0.15) is 5.56 Å². The molecule has 27 heavy (non-hydrogen) atoms. The average Bonchev–Trinajstić information content (AvgIpc) is 2.68. The molecule has 8 heteroatoms. The molecule has 1 atom stereocenters. The van der Waals surface area contributed by atoms with Gasteiger partial charge in [-0.3, -0.25) is 4.79 Å². The van der Waals surface area contributed by atoms with Crippen molar-refractivity contribution in [3.63, 3.8) is 0 Å². The lowest BCUT2D eigenvalue weighted by atomic mass is 10.1. The zero-order valence-corrected chi connectivity index (χ0v) is 16.2. The van der Waals surface area contributed by atoms with Crippen molar-refractivity contribution in [3.8, 4) is 0 Å². The van der Waals surface area contributed by atoms with Crippen LogP contribution in [0.3, 0.4) is 0 Å². The van der Waals surface area contributed by atoms with Crippen molar-refractivity contribution < 1.29 is 17.9 Å². The standard InChI is InChI=1S/C19H21ClN2O4S/c20-16-6-8-17(9-7-16)27(24,25)21-18(14-15-4-2-1-3-5-15)19(23)22-10-12-26-13-11-22/h1-9,18,21H,10-14H2/t18-/m1/s1. The molecule has 1 aliphatic rings. The number of sulfonamides is 1. The molecule has 6 nitrogen and oxygen atoms in total. The second-order valence-corrected chi connectivity index (χ2v) is 8.41. The third-order valence-electron chi connectivity index (χ3n) is 4.32. The Hall–Kier alpha value is -1.93. The van der Waals surface area contributed by atoms with E-state index in [1.54, 1.807) is 4.90 Å². The van der Waals surface area contributed by atoms with Crippen LogP contribution in [0.5, 0.6) is 0 Å². The van der Waals surface area contributed by atoms with Gasteiger partial charge >= 0.3 is 0 Å². The van der Waals surface area contributed by atoms with Crippen LogP contribution >= 0.6 is 11.6 Å². The van der Waals surface area contributed by atoms with Gasteiger partial charge in [-0.2, -0.15) is 4.72 Å². The molecule has 1 saturated heterocycles. The summed E-state index contributed by atoms with van der Waals surface area (Å²) in [5, 5.41) is 0.444. The summed E-state index contributed by atoms with van der Waals surface area (Å²) in [6.45, 7) is 1.81. The summed E-state index contributed by atoms with van der Waals surface area (Å²) in [7, 11) is -3.87. The first-order chi connectivity index (χ1) is 13.0. The number of hydrogen-bond donors (Lipinski definition) is 1. The number of nitrogens with one attached hydrogen (secondary N) is 1. The second-order valence-electron chi connectivity index (χ2n) is 6.26. The lowest BCUT2D eigenvalue weighted by Gasteiger charge is -2.30. The first-order valence-corrected chi connectivity index (χ1v) is 10.5. The summed E-state index contributed by atoms with van der Waals surface area (Å²) in [5.41, 5.74) is 0.878. The van der Waals surface area contributed by atoms with E-state index in [0.717, 1.165) is 5.56 Å². The number of benzene rings is 2. The minimum absolute atomic E-state index is 0.0692. The Kier molecular flexibility index (Phi) is 6.49. The molecular weight excluding hydrogens is 388 g/mol. The van der Waals surface area contributed by atoms with Crippen LogP contribution in [0.15, 0.2) is 59.5 Å². The van der Waals surface area contributed by atoms with E-state index in [1.165, 1.54) is 24.3 Å². The fourth-order valence-corrected chi connectivity index (χ4v) is 4.22. The largest absolute Gasteiger partial charge is 0.378 e. The summed E-state index contributed by atoms with van der Waals surface area (Å²) in [4.78, 5) is 14.7. The van der Waals surface area contributed by atoms with Crippen molar-refractivity contribution >= 4 is 27.5 Å². The quantitative estimate of drug-likeness (QED) is 0.794. The molecule has 1 aliphatic heterocycles. The molecular formula is C19H21ClN2O4S. The van der Waals surface area contributed by atoms with Crippen LogP contribution in [0.4, 0.5) is 0 Å². The van der Waals surface area contributed by atoms with Gasteiger partial charge in [0, 0.05) is 18.1 Å². The van der Waals surface area contributed by atoms with E-state index in [1.807, 2.05) is 30.3 Å². The van der Waals surface area contributed by atoms with Gasteiger partial charge in [-0.25, -0.2) is 8.42 Å². The monoisotopic (exact) mass is 408 g/mol. The molecule has 0 unspecified atom stereocenters. The summed E-state index contributed by atoms with van der Waals surface area (Å²) in [6, 6.07) is 14.3. The number of nitrogens with zero attached hydrogens (tertiary/aromatic N) is 1. The van der Waals surface area contributed by atoms with E-state index >= 15 is 0 Å². The number of halogens is 1. The zero-order valence-electron chi connectivity index (χ0n) is 14.7. The van der Waals surface area contributed by atoms with Crippen LogP contribution in [0, 0.1) is 0 Å². The number of rotatable bonds is 6. The molecule has 1 amide bonds. The third-order valence-corrected chi connectivity index (χ3v) is 6.06. The average molecular weight is 409 g/mol. The molecule has 0 saturated carbocycles. The molecule has 0 aliphatic carbocycles. The Balaban J connectivity index is 1.84. The van der Waals surface area contributed by atoms with Crippen molar-refractivity contribution in [1.29, 1.82) is 0 Å². The minimum Gasteiger partial charge on any atom is -0.378 e. The third kappa shape index (κ3) is 5.29. The molecule has 0 aromatic heterocycles. The normalized spacial score (nSPS) is 16.1. The van der Waals surface area contributed by atoms with E-state index in [4.69, 9.17) is 16.3 Å². The second kappa shape index (κ2) is 8.84. The van der Waals surface area contributed by atoms with Gasteiger partial charge in [0.2, 0.25) is 15.9 Å². The van der Waals surface area contributed by atoms with Gasteiger partial charge in [-0.15, -0.1) is 0 Å². The Morgan fingerprint density at radius 1 is 1.07 bits per heavy atom. The Morgan fingerprint density at radius 3 is 2.33 bits per heavy atom. The van der Waals surface area contributed by atoms with Crippen molar-refractivity contribution in [2.24, 2.45) is 0 Å². The van der Waals surface area contributed by atoms with Crippen LogP contribution in [-0.2, 0) is 26.0 Å². The van der Waals surface area contributed by atoms with Crippen molar-refractivity contribution in [2.75, 3.05) is 26.3 Å². The molecule has 1 N–H and O–H groups in total. The van der Waals surface area contributed by atoms with Crippen molar-refractivity contribution in [2.45, 2.75) is 17.4 Å². The molecule has 0 radical (unpaired) electrons. The number of hydrogen-bond acceptors (Lipinski definition) is 4. The summed E-state index contributed by atoms with van der Waals surface area (Å²) in [6.07, 6.45) is 0.268. The number of carbonyl (C=O) groups excluding carboxylic acids is 1. The molecule has 2 aromatic rings. The molecule has 1 fully saturated rings.